The molecular formula is C52H68BN3O4S. The SMILES string of the molecule is BS(=O)(=O)CCCCN1/C(=C/C=C2\CCC(/C=C/CC(C)(C)c3c(NCCCCC)ccc4ccccc34)=C2N(C)C(=O)OC(C)(C)C)C(C)(C)c2c1ccc1ccccc21. The first-order chi connectivity index (χ1) is 28.8. The molecule has 1 aliphatic heterocycles. The Morgan fingerprint density at radius 3 is 2.25 bits per heavy atom. The lowest BCUT2D eigenvalue weighted by molar-refractivity contribution is 0.0356. The molecule has 0 bridgehead atoms. The largest absolute Gasteiger partial charge is 0.443 e. The first kappa shape index (κ1) is 45.8. The van der Waals surface area contributed by atoms with Gasteiger partial charge in [0.2, 0.25) is 0 Å². The molecule has 0 saturated heterocycles. The Morgan fingerprint density at radius 2 is 1.56 bits per heavy atom. The lowest BCUT2D eigenvalue weighted by atomic mass is 9.77. The summed E-state index contributed by atoms with van der Waals surface area (Å²) in [6.07, 6.45) is 15.9. The smallest absolute Gasteiger partial charge is 0.414 e. The number of amides is 1. The van der Waals surface area contributed by atoms with E-state index in [2.05, 4.69) is 142 Å². The summed E-state index contributed by atoms with van der Waals surface area (Å²) in [7, 11) is 0.0901. The Labute approximate surface area is 367 Å². The molecule has 0 fully saturated rings. The minimum absolute atomic E-state index is 0.176. The quantitative estimate of drug-likeness (QED) is 0.0894. The van der Waals surface area contributed by atoms with Gasteiger partial charge in [0, 0.05) is 48.4 Å². The fourth-order valence-electron chi connectivity index (χ4n) is 9.32. The summed E-state index contributed by atoms with van der Waals surface area (Å²) < 4.78 is 30.0. The molecule has 4 aromatic carbocycles. The third kappa shape index (κ3) is 10.7. The molecule has 1 N–H and O–H groups in total. The fourth-order valence-corrected chi connectivity index (χ4v) is 10.1. The van der Waals surface area contributed by atoms with E-state index in [1.54, 1.807) is 4.90 Å². The van der Waals surface area contributed by atoms with Crippen LogP contribution in [0, 0.1) is 0 Å². The van der Waals surface area contributed by atoms with Gasteiger partial charge < -0.3 is 15.0 Å². The van der Waals surface area contributed by atoms with Crippen molar-refractivity contribution < 1.29 is 17.9 Å². The zero-order chi connectivity index (χ0) is 44.2. The lowest BCUT2D eigenvalue weighted by Crippen LogP contribution is -2.34. The monoisotopic (exact) mass is 842 g/mol. The predicted octanol–water partition coefficient (Wildman–Crippen LogP) is 12.1. The maximum atomic E-state index is 13.8. The van der Waals surface area contributed by atoms with Gasteiger partial charge in [-0.1, -0.05) is 126 Å². The average molecular weight is 842 g/mol. The highest BCUT2D eigenvalue weighted by Crippen LogP contribution is 2.51. The standard InChI is InChI=1S/C52H68BN3O4S/c1-10-11-16-34-54-43-30-27-37-20-12-14-23-41(37)46(43)51(5,6)33-19-22-39-25-26-40(48(39)55(9)49(57)60-50(2,3)4)29-32-45-52(7,8)47-42-24-15-13-21-38(42)28-31-44(47)56(45)35-17-18-36-61(53,58)59/h12-15,19-24,27-32,54H,10-11,16-18,25-26,33-36,53H2,1-9H3/b22-19+,40-29+,45-32+. The van der Waals surface area contributed by atoms with E-state index in [9.17, 15) is 13.2 Å². The van der Waals surface area contributed by atoms with Gasteiger partial charge in [-0.15, -0.1) is 0 Å². The van der Waals surface area contributed by atoms with E-state index >= 15 is 0 Å². The minimum Gasteiger partial charge on any atom is -0.443 e. The predicted molar refractivity (Wildman–Crippen MR) is 261 cm³/mol. The van der Waals surface area contributed by atoms with Crippen LogP contribution in [0.3, 0.4) is 0 Å². The van der Waals surface area contributed by atoms with Crippen molar-refractivity contribution in [2.24, 2.45) is 0 Å². The highest BCUT2D eigenvalue weighted by molar-refractivity contribution is 8.12. The van der Waals surface area contributed by atoms with Gasteiger partial charge in [-0.25, -0.2) is 13.2 Å². The van der Waals surface area contributed by atoms with Gasteiger partial charge in [0.1, 0.15) is 5.60 Å². The van der Waals surface area contributed by atoms with Crippen LogP contribution >= 0.6 is 0 Å². The first-order valence-corrected chi connectivity index (χ1v) is 24.4. The van der Waals surface area contributed by atoms with Crippen LogP contribution in [-0.4, -0.2) is 58.0 Å². The maximum absolute atomic E-state index is 13.8. The molecule has 4 aromatic rings. The number of nitrogens with one attached hydrogen (secondary N) is 1. The van der Waals surface area contributed by atoms with Crippen molar-refractivity contribution in [3.05, 3.63) is 131 Å². The second-order valence-corrected chi connectivity index (χ2v) is 21.5. The number of likely N-dealkylation sites (N-methyl/N-ethyl adjacent to an activating group) is 1. The molecule has 1 heterocycles. The van der Waals surface area contributed by atoms with E-state index in [0.29, 0.717) is 13.0 Å². The molecule has 0 saturated carbocycles. The number of hydrogen-bond donors (Lipinski definition) is 1. The number of nitrogens with zero attached hydrogens (tertiary/aromatic N) is 2. The van der Waals surface area contributed by atoms with E-state index in [4.69, 9.17) is 4.74 Å². The van der Waals surface area contributed by atoms with Crippen molar-refractivity contribution >= 4 is 55.8 Å². The number of rotatable bonds is 16. The third-order valence-corrected chi connectivity index (χ3v) is 13.3. The van der Waals surface area contributed by atoms with Crippen LogP contribution in [-0.2, 0) is 25.3 Å². The molecule has 0 aromatic heterocycles. The number of hydrogen-bond acceptors (Lipinski definition) is 6. The number of carbonyl (C=O) groups is 1. The molecule has 2 aliphatic rings. The zero-order valence-corrected chi connectivity index (χ0v) is 39.3. The number of fused-ring (bicyclic) bond motifs is 4. The van der Waals surface area contributed by atoms with Crippen LogP contribution in [0.2, 0.25) is 0 Å². The van der Waals surface area contributed by atoms with Gasteiger partial charge in [-0.3, -0.25) is 4.90 Å². The first-order valence-electron chi connectivity index (χ1n) is 22.3. The van der Waals surface area contributed by atoms with Crippen LogP contribution < -0.4 is 10.2 Å². The third-order valence-electron chi connectivity index (χ3n) is 12.3. The molecule has 6 rings (SSSR count). The van der Waals surface area contributed by atoms with Gasteiger partial charge in [-0.05, 0) is 127 Å². The minimum atomic E-state index is -3.05. The molecule has 1 aliphatic carbocycles. The molecule has 0 spiro atoms. The van der Waals surface area contributed by atoms with Crippen LogP contribution in [0.4, 0.5) is 16.2 Å². The number of ether oxygens (including phenoxy) is 1. The van der Waals surface area contributed by atoms with Crippen molar-refractivity contribution in [2.45, 2.75) is 123 Å². The molecule has 1 amide bonds. The van der Waals surface area contributed by atoms with Crippen LogP contribution in [0.15, 0.2) is 120 Å². The summed E-state index contributed by atoms with van der Waals surface area (Å²) in [4.78, 5) is 17.9. The van der Waals surface area contributed by atoms with E-state index < -0.39 is 15.3 Å². The van der Waals surface area contributed by atoms with E-state index in [0.717, 1.165) is 66.9 Å². The molecular weight excluding hydrogens is 773 g/mol. The highest BCUT2D eigenvalue weighted by Gasteiger charge is 2.41. The second-order valence-electron chi connectivity index (χ2n) is 19.3. The number of unbranched alkanes of at least 4 members (excludes halogenated alkanes) is 3. The summed E-state index contributed by atoms with van der Waals surface area (Å²) in [6.45, 7) is 18.8. The Kier molecular flexibility index (Phi) is 14.0. The average Bonchev–Trinajstić information content (AvgIpc) is 3.69. The number of benzene rings is 4. The van der Waals surface area contributed by atoms with Crippen LogP contribution in [0.1, 0.15) is 118 Å². The van der Waals surface area contributed by atoms with Gasteiger partial charge in [0.15, 0.2) is 0 Å². The summed E-state index contributed by atoms with van der Waals surface area (Å²) in [5.41, 5.74) is 8.07. The summed E-state index contributed by atoms with van der Waals surface area (Å²) in [5.74, 6) is 0.176. The Hall–Kier alpha value is -4.76. The van der Waals surface area contributed by atoms with Crippen molar-refractivity contribution in [3.63, 3.8) is 0 Å². The molecule has 0 unspecified atom stereocenters. The second kappa shape index (κ2) is 18.7. The van der Waals surface area contributed by atoms with E-state index in [-0.39, 0.29) is 22.7 Å². The number of allylic oxidation sites excluding steroid dienone is 7. The Morgan fingerprint density at radius 1 is 0.885 bits per heavy atom. The molecule has 324 valence electrons. The highest BCUT2D eigenvalue weighted by atomic mass is 32.2. The van der Waals surface area contributed by atoms with Crippen molar-refractivity contribution in [1.82, 2.24) is 4.90 Å². The molecule has 61 heavy (non-hydrogen) atoms. The molecule has 0 atom stereocenters. The Balaban J connectivity index is 1.38. The van der Waals surface area contributed by atoms with Crippen LogP contribution in [0.25, 0.3) is 21.5 Å². The summed E-state index contributed by atoms with van der Waals surface area (Å²) in [6, 6.07) is 26.1. The Bertz CT molecular complexity index is 2490. The summed E-state index contributed by atoms with van der Waals surface area (Å²) in [5, 5.41) is 8.73. The van der Waals surface area contributed by atoms with Crippen molar-refractivity contribution in [2.75, 3.05) is 36.1 Å². The van der Waals surface area contributed by atoms with Gasteiger partial charge in [0.25, 0.3) is 7.12 Å². The zero-order valence-electron chi connectivity index (χ0n) is 38.5. The van der Waals surface area contributed by atoms with Crippen molar-refractivity contribution in [3.8, 4) is 0 Å². The van der Waals surface area contributed by atoms with Crippen molar-refractivity contribution in [1.29, 1.82) is 0 Å². The normalized spacial score (nSPS) is 17.0. The topological polar surface area (TPSA) is 79.0 Å². The number of anilines is 2. The number of carbonyl (C=O) groups excluding carboxylic acids is 1. The molecule has 9 heteroatoms. The molecule has 0 radical (unpaired) electrons. The fraction of sp³-hybridized carbons (Fsp3) is 0.442. The van der Waals surface area contributed by atoms with Gasteiger partial charge in [-0.2, -0.15) is 0 Å². The maximum Gasteiger partial charge on any atom is 0.414 e. The van der Waals surface area contributed by atoms with Gasteiger partial charge >= 0.3 is 6.09 Å². The van der Waals surface area contributed by atoms with E-state index in [1.165, 1.54) is 58.3 Å². The van der Waals surface area contributed by atoms with Gasteiger partial charge in [0.05, 0.1) is 15.4 Å². The van der Waals surface area contributed by atoms with Crippen LogP contribution in [0.5, 0.6) is 0 Å². The van der Waals surface area contributed by atoms with E-state index in [1.807, 2.05) is 27.8 Å². The lowest BCUT2D eigenvalue weighted by Gasteiger charge is -2.29. The summed E-state index contributed by atoms with van der Waals surface area (Å²) >= 11 is 0. The molecule has 7 nitrogen and oxygen atoms in total.